The monoisotopic (exact) mass is 354 g/mol. The Kier molecular flexibility index (Phi) is 4.60. The third-order valence-corrected chi connectivity index (χ3v) is 4.66. The topological polar surface area (TPSA) is 62.7 Å². The van der Waals surface area contributed by atoms with E-state index in [1.807, 2.05) is 17.5 Å². The summed E-state index contributed by atoms with van der Waals surface area (Å²) in [4.78, 5) is 13.6. The van der Waals surface area contributed by atoms with Crippen LogP contribution in [0.5, 0.6) is 0 Å². The van der Waals surface area contributed by atoms with Crippen LogP contribution in [0.4, 0.5) is 5.69 Å². The number of carbonyl (C=O) groups excluding carboxylic acids is 1. The third-order valence-electron chi connectivity index (χ3n) is 3.51. The van der Waals surface area contributed by atoms with Crippen LogP contribution in [0.15, 0.2) is 41.8 Å². The summed E-state index contributed by atoms with van der Waals surface area (Å²) in [5, 5.41) is 11.8. The number of aromatic nitrogens is 3. The highest BCUT2D eigenvalue weighted by molar-refractivity contribution is 7.71. The Morgan fingerprint density at radius 1 is 1.46 bits per heavy atom. The Balaban J connectivity index is 1.88. The lowest BCUT2D eigenvalue weighted by Crippen LogP contribution is -2.24. The molecule has 0 bridgehead atoms. The molecule has 0 radical (unpaired) electrons. The maximum atomic E-state index is 12.6. The van der Waals surface area contributed by atoms with E-state index in [4.69, 9.17) is 18.6 Å². The van der Waals surface area contributed by atoms with E-state index in [2.05, 4.69) is 21.4 Å². The van der Waals surface area contributed by atoms with Gasteiger partial charge in [0.25, 0.3) is 0 Å². The van der Waals surface area contributed by atoms with Crippen molar-refractivity contribution in [3.63, 3.8) is 0 Å². The number of anilines is 1. The number of hydrogen-bond donors (Lipinski definition) is 2. The minimum Gasteiger partial charge on any atom is -0.324 e. The minimum atomic E-state index is -0.525. The molecule has 3 rings (SSSR count). The molecule has 1 atom stereocenters. The first-order valence-corrected chi connectivity index (χ1v) is 8.47. The van der Waals surface area contributed by atoms with Crippen LogP contribution in [0.1, 0.15) is 18.5 Å². The minimum absolute atomic E-state index is 0.195. The second-order valence-corrected chi connectivity index (χ2v) is 6.42. The summed E-state index contributed by atoms with van der Waals surface area (Å²) >= 11 is 6.83. The van der Waals surface area contributed by atoms with Gasteiger partial charge in [-0.25, -0.2) is 0 Å². The fraction of sp³-hybridized carbons (Fsp3) is 0.118. The van der Waals surface area contributed by atoms with Gasteiger partial charge in [-0.2, -0.15) is 5.10 Å². The standard InChI is InChI=1S/C17H14N4OS2/c1-3-12-6-4-7-13(10-12)18-16(22)11(2)21-15(19-20-17(21)23)14-8-5-9-24-14/h1,4-11H,2H3,(H,18,22)(H,20,23)/t11-/m0/s1. The Morgan fingerprint density at radius 3 is 3.00 bits per heavy atom. The number of nitrogens with zero attached hydrogens (tertiary/aromatic N) is 2. The number of amides is 1. The summed E-state index contributed by atoms with van der Waals surface area (Å²) in [6.45, 7) is 1.78. The highest BCUT2D eigenvalue weighted by atomic mass is 32.1. The van der Waals surface area contributed by atoms with Gasteiger partial charge in [0.05, 0.1) is 4.88 Å². The number of benzene rings is 1. The van der Waals surface area contributed by atoms with E-state index >= 15 is 0 Å². The second-order valence-electron chi connectivity index (χ2n) is 5.09. The molecule has 0 aliphatic heterocycles. The number of carbonyl (C=O) groups is 1. The molecular formula is C17H14N4OS2. The van der Waals surface area contributed by atoms with E-state index in [0.29, 0.717) is 21.8 Å². The number of nitrogens with one attached hydrogen (secondary N) is 2. The van der Waals surface area contributed by atoms with Crippen LogP contribution in [-0.2, 0) is 4.79 Å². The zero-order valence-electron chi connectivity index (χ0n) is 12.8. The number of H-pyrrole nitrogens is 1. The van der Waals surface area contributed by atoms with E-state index in [0.717, 1.165) is 4.88 Å². The highest BCUT2D eigenvalue weighted by Gasteiger charge is 2.21. The fourth-order valence-electron chi connectivity index (χ4n) is 2.29. The maximum absolute atomic E-state index is 12.6. The van der Waals surface area contributed by atoms with Gasteiger partial charge in [0, 0.05) is 11.3 Å². The Bertz CT molecular complexity index is 963. The zero-order chi connectivity index (χ0) is 17.1. The van der Waals surface area contributed by atoms with E-state index < -0.39 is 6.04 Å². The number of terminal acetylenes is 1. The molecule has 0 saturated carbocycles. The lowest BCUT2D eigenvalue weighted by atomic mass is 10.2. The van der Waals surface area contributed by atoms with Crippen molar-refractivity contribution in [3.05, 3.63) is 52.1 Å². The first-order valence-electron chi connectivity index (χ1n) is 7.18. The van der Waals surface area contributed by atoms with Crippen LogP contribution in [0.3, 0.4) is 0 Å². The molecule has 5 nitrogen and oxygen atoms in total. The molecule has 24 heavy (non-hydrogen) atoms. The summed E-state index contributed by atoms with van der Waals surface area (Å²) in [6, 6.07) is 10.5. The molecule has 120 valence electrons. The SMILES string of the molecule is C#Cc1cccc(NC(=O)[C@H](C)n2c(-c3cccs3)n[nH]c2=S)c1. The van der Waals surface area contributed by atoms with Gasteiger partial charge < -0.3 is 5.32 Å². The van der Waals surface area contributed by atoms with Gasteiger partial charge >= 0.3 is 0 Å². The molecule has 0 fully saturated rings. The van der Waals surface area contributed by atoms with Gasteiger partial charge in [-0.15, -0.1) is 17.8 Å². The molecular weight excluding hydrogens is 340 g/mol. The van der Waals surface area contributed by atoms with E-state index in [1.54, 1.807) is 35.8 Å². The van der Waals surface area contributed by atoms with Gasteiger partial charge in [-0.3, -0.25) is 14.5 Å². The van der Waals surface area contributed by atoms with Gasteiger partial charge in [0.15, 0.2) is 10.6 Å². The van der Waals surface area contributed by atoms with Gasteiger partial charge in [0.2, 0.25) is 5.91 Å². The van der Waals surface area contributed by atoms with Crippen molar-refractivity contribution in [3.8, 4) is 23.0 Å². The fourth-order valence-corrected chi connectivity index (χ4v) is 3.29. The van der Waals surface area contributed by atoms with E-state index in [-0.39, 0.29) is 5.91 Å². The summed E-state index contributed by atoms with van der Waals surface area (Å²) < 4.78 is 2.11. The molecule has 0 aliphatic rings. The van der Waals surface area contributed by atoms with Crippen molar-refractivity contribution in [2.75, 3.05) is 5.32 Å². The molecule has 2 N–H and O–H groups in total. The quantitative estimate of drug-likeness (QED) is 0.552. The molecule has 0 unspecified atom stereocenters. The summed E-state index contributed by atoms with van der Waals surface area (Å²) in [5.74, 6) is 3.00. The smallest absolute Gasteiger partial charge is 0.247 e. The average molecular weight is 354 g/mol. The Labute approximate surface area is 148 Å². The van der Waals surface area contributed by atoms with Crippen molar-refractivity contribution in [2.24, 2.45) is 0 Å². The molecule has 1 amide bonds. The number of hydrogen-bond acceptors (Lipinski definition) is 4. The normalized spacial score (nSPS) is 11.7. The lowest BCUT2D eigenvalue weighted by molar-refractivity contribution is -0.118. The molecule has 0 saturated heterocycles. The second kappa shape index (κ2) is 6.83. The molecule has 7 heteroatoms. The largest absolute Gasteiger partial charge is 0.324 e. The van der Waals surface area contributed by atoms with Crippen LogP contribution in [-0.4, -0.2) is 20.7 Å². The van der Waals surface area contributed by atoms with Gasteiger partial charge in [0.1, 0.15) is 6.04 Å². The van der Waals surface area contributed by atoms with Crippen LogP contribution in [0.2, 0.25) is 0 Å². The summed E-state index contributed by atoms with van der Waals surface area (Å²) in [5.41, 5.74) is 1.36. The summed E-state index contributed by atoms with van der Waals surface area (Å²) in [7, 11) is 0. The van der Waals surface area contributed by atoms with Crippen LogP contribution >= 0.6 is 23.6 Å². The van der Waals surface area contributed by atoms with Gasteiger partial charge in [-0.05, 0) is 48.8 Å². The first-order chi connectivity index (χ1) is 11.6. The van der Waals surface area contributed by atoms with Crippen molar-refractivity contribution in [2.45, 2.75) is 13.0 Å². The number of aromatic amines is 1. The molecule has 0 aliphatic carbocycles. The maximum Gasteiger partial charge on any atom is 0.247 e. The average Bonchev–Trinajstić information content (AvgIpc) is 3.23. The van der Waals surface area contributed by atoms with E-state index in [9.17, 15) is 4.79 Å². The van der Waals surface area contributed by atoms with Crippen LogP contribution < -0.4 is 5.32 Å². The van der Waals surface area contributed by atoms with Crippen LogP contribution in [0.25, 0.3) is 10.7 Å². The van der Waals surface area contributed by atoms with Crippen molar-refractivity contribution in [1.82, 2.24) is 14.8 Å². The zero-order valence-corrected chi connectivity index (χ0v) is 14.4. The summed E-state index contributed by atoms with van der Waals surface area (Å²) in [6.07, 6.45) is 5.39. The Hall–Kier alpha value is -2.69. The first kappa shape index (κ1) is 16.2. The van der Waals surface area contributed by atoms with Crippen molar-refractivity contribution in [1.29, 1.82) is 0 Å². The molecule has 1 aromatic carbocycles. The van der Waals surface area contributed by atoms with Crippen molar-refractivity contribution >= 4 is 35.1 Å². The predicted octanol–water partition coefficient (Wildman–Crippen LogP) is 3.85. The molecule has 3 aromatic rings. The lowest BCUT2D eigenvalue weighted by Gasteiger charge is -2.15. The third kappa shape index (κ3) is 3.15. The van der Waals surface area contributed by atoms with E-state index in [1.165, 1.54) is 11.3 Å². The van der Waals surface area contributed by atoms with Crippen molar-refractivity contribution < 1.29 is 4.79 Å². The molecule has 0 spiro atoms. The van der Waals surface area contributed by atoms with Crippen LogP contribution in [0, 0.1) is 17.1 Å². The number of rotatable bonds is 4. The highest BCUT2D eigenvalue weighted by Crippen LogP contribution is 2.26. The predicted molar refractivity (Wildman–Crippen MR) is 98.4 cm³/mol. The molecule has 2 heterocycles. The van der Waals surface area contributed by atoms with Gasteiger partial charge in [-0.1, -0.05) is 18.1 Å². The Morgan fingerprint density at radius 2 is 2.29 bits per heavy atom. The molecule has 2 aromatic heterocycles. The number of thiophene rings is 1.